The minimum Gasteiger partial charge on any atom is -0.466 e. The SMILES string of the molecule is COCOc1cc(-n2c(=O)cc(C(F)(F)F)[nH]c2=O)c(F)cc1Br. The first-order valence-corrected chi connectivity index (χ1v) is 6.99. The van der Waals surface area contributed by atoms with Crippen LogP contribution in [0.15, 0.2) is 32.3 Å². The molecule has 0 radical (unpaired) electrons. The zero-order chi connectivity index (χ0) is 18.1. The van der Waals surface area contributed by atoms with Crippen LogP contribution in [0.25, 0.3) is 5.69 Å². The molecular weight excluding hydrogens is 404 g/mol. The van der Waals surface area contributed by atoms with Crippen LogP contribution in [-0.4, -0.2) is 23.5 Å². The van der Waals surface area contributed by atoms with E-state index in [-0.39, 0.29) is 27.6 Å². The highest BCUT2D eigenvalue weighted by Gasteiger charge is 2.33. The summed E-state index contributed by atoms with van der Waals surface area (Å²) in [7, 11) is 1.34. The molecule has 0 aliphatic rings. The Morgan fingerprint density at radius 3 is 2.46 bits per heavy atom. The molecule has 0 unspecified atom stereocenters. The Kier molecular flexibility index (Phi) is 5.13. The summed E-state index contributed by atoms with van der Waals surface area (Å²) in [5.74, 6) is -0.988. The van der Waals surface area contributed by atoms with Gasteiger partial charge in [0.1, 0.15) is 17.3 Å². The fourth-order valence-corrected chi connectivity index (χ4v) is 2.23. The van der Waals surface area contributed by atoms with Gasteiger partial charge in [0.25, 0.3) is 5.56 Å². The fraction of sp³-hybridized carbons (Fsp3) is 0.231. The first kappa shape index (κ1) is 18.2. The lowest BCUT2D eigenvalue weighted by Crippen LogP contribution is -2.36. The molecule has 0 aliphatic carbocycles. The lowest BCUT2D eigenvalue weighted by Gasteiger charge is -2.12. The van der Waals surface area contributed by atoms with Gasteiger partial charge >= 0.3 is 11.9 Å². The van der Waals surface area contributed by atoms with E-state index in [4.69, 9.17) is 4.74 Å². The van der Waals surface area contributed by atoms with Gasteiger partial charge in [-0.25, -0.2) is 13.8 Å². The third kappa shape index (κ3) is 3.67. The van der Waals surface area contributed by atoms with Crippen LogP contribution in [0.1, 0.15) is 5.69 Å². The number of aromatic amines is 1. The van der Waals surface area contributed by atoms with Crippen LogP contribution in [0, 0.1) is 5.82 Å². The van der Waals surface area contributed by atoms with E-state index in [1.165, 1.54) is 12.1 Å². The molecule has 130 valence electrons. The molecule has 1 heterocycles. The average Bonchev–Trinajstić information content (AvgIpc) is 2.46. The van der Waals surface area contributed by atoms with Crippen molar-refractivity contribution in [3.05, 3.63) is 55.0 Å². The summed E-state index contributed by atoms with van der Waals surface area (Å²) in [6, 6.07) is 2.06. The highest BCUT2D eigenvalue weighted by atomic mass is 79.9. The molecule has 0 saturated heterocycles. The number of nitrogens with zero attached hydrogens (tertiary/aromatic N) is 1. The zero-order valence-electron chi connectivity index (χ0n) is 11.9. The number of benzene rings is 1. The van der Waals surface area contributed by atoms with Gasteiger partial charge in [0.15, 0.2) is 6.79 Å². The van der Waals surface area contributed by atoms with Crippen LogP contribution >= 0.6 is 15.9 Å². The van der Waals surface area contributed by atoms with Crippen LogP contribution in [0.3, 0.4) is 0 Å². The Morgan fingerprint density at radius 1 is 1.25 bits per heavy atom. The zero-order valence-corrected chi connectivity index (χ0v) is 13.5. The maximum absolute atomic E-state index is 14.1. The first-order valence-electron chi connectivity index (χ1n) is 6.20. The normalized spacial score (nSPS) is 11.6. The molecule has 2 rings (SSSR count). The molecule has 1 N–H and O–H groups in total. The molecular formula is C13H9BrF4N2O4. The lowest BCUT2D eigenvalue weighted by molar-refractivity contribution is -0.141. The summed E-state index contributed by atoms with van der Waals surface area (Å²) in [5.41, 5.74) is -4.87. The third-order valence-electron chi connectivity index (χ3n) is 2.81. The molecule has 0 bridgehead atoms. The standard InChI is InChI=1S/C13H9BrF4N2O4/c1-23-5-24-9-3-8(7(15)2-6(9)14)20-11(21)4-10(13(16,17)18)19-12(20)22/h2-4H,5H2,1H3,(H,19,22). The Bertz CT molecular complexity index is 844. The predicted molar refractivity (Wildman–Crippen MR) is 77.8 cm³/mol. The van der Waals surface area contributed by atoms with Crippen molar-refractivity contribution in [1.82, 2.24) is 9.55 Å². The Labute approximate surface area is 139 Å². The Morgan fingerprint density at radius 2 is 1.92 bits per heavy atom. The number of H-pyrrole nitrogens is 1. The van der Waals surface area contributed by atoms with Crippen LogP contribution < -0.4 is 16.0 Å². The molecule has 24 heavy (non-hydrogen) atoms. The van der Waals surface area contributed by atoms with E-state index in [0.29, 0.717) is 0 Å². The Hall–Kier alpha value is -2.14. The molecule has 0 spiro atoms. The molecule has 0 atom stereocenters. The van der Waals surface area contributed by atoms with Gasteiger partial charge in [-0.3, -0.25) is 4.79 Å². The van der Waals surface area contributed by atoms with E-state index in [1.807, 2.05) is 0 Å². The van der Waals surface area contributed by atoms with Gasteiger partial charge < -0.3 is 14.5 Å². The largest absolute Gasteiger partial charge is 0.466 e. The van der Waals surface area contributed by atoms with Gasteiger partial charge in [-0.1, -0.05) is 0 Å². The summed E-state index contributed by atoms with van der Waals surface area (Å²) in [6.45, 7) is -0.206. The summed E-state index contributed by atoms with van der Waals surface area (Å²) in [6.07, 6.45) is -4.91. The second-order valence-electron chi connectivity index (χ2n) is 4.44. The number of methoxy groups -OCH3 is 1. The molecule has 1 aromatic carbocycles. The van der Waals surface area contributed by atoms with Crippen LogP contribution in [0.5, 0.6) is 5.75 Å². The van der Waals surface area contributed by atoms with Crippen molar-refractivity contribution in [2.45, 2.75) is 6.18 Å². The summed E-state index contributed by atoms with van der Waals surface area (Å²) < 4.78 is 62.0. The summed E-state index contributed by atoms with van der Waals surface area (Å²) in [4.78, 5) is 25.2. The quantitative estimate of drug-likeness (QED) is 0.618. The monoisotopic (exact) mass is 412 g/mol. The molecule has 0 saturated carbocycles. The number of aromatic nitrogens is 2. The molecule has 0 amide bonds. The molecule has 2 aromatic rings. The lowest BCUT2D eigenvalue weighted by atomic mass is 10.2. The topological polar surface area (TPSA) is 73.3 Å². The van der Waals surface area contributed by atoms with Crippen molar-refractivity contribution in [3.63, 3.8) is 0 Å². The van der Waals surface area contributed by atoms with E-state index in [9.17, 15) is 27.2 Å². The van der Waals surface area contributed by atoms with E-state index in [0.717, 1.165) is 12.1 Å². The van der Waals surface area contributed by atoms with Crippen molar-refractivity contribution in [1.29, 1.82) is 0 Å². The molecule has 0 aliphatic heterocycles. The van der Waals surface area contributed by atoms with E-state index in [1.54, 1.807) is 0 Å². The smallest absolute Gasteiger partial charge is 0.431 e. The number of hydrogen-bond acceptors (Lipinski definition) is 4. The number of alkyl halides is 3. The van der Waals surface area contributed by atoms with Gasteiger partial charge in [-0.05, 0) is 22.0 Å². The maximum atomic E-state index is 14.1. The van der Waals surface area contributed by atoms with Crippen molar-refractivity contribution in [3.8, 4) is 11.4 Å². The van der Waals surface area contributed by atoms with Crippen molar-refractivity contribution in [2.24, 2.45) is 0 Å². The maximum Gasteiger partial charge on any atom is 0.431 e. The van der Waals surface area contributed by atoms with Gasteiger partial charge in [0.05, 0.1) is 10.2 Å². The minimum absolute atomic E-state index is 0.0273. The second kappa shape index (κ2) is 6.77. The summed E-state index contributed by atoms with van der Waals surface area (Å²) in [5, 5.41) is 0. The number of halogens is 5. The number of hydrogen-bond donors (Lipinski definition) is 1. The van der Waals surface area contributed by atoms with Gasteiger partial charge in [-0.2, -0.15) is 13.2 Å². The van der Waals surface area contributed by atoms with Crippen LogP contribution in [-0.2, 0) is 10.9 Å². The number of ether oxygens (including phenoxy) is 2. The molecule has 0 fully saturated rings. The van der Waals surface area contributed by atoms with E-state index >= 15 is 0 Å². The molecule has 1 aromatic heterocycles. The highest BCUT2D eigenvalue weighted by Crippen LogP contribution is 2.30. The third-order valence-corrected chi connectivity index (χ3v) is 3.43. The van der Waals surface area contributed by atoms with Crippen molar-refractivity contribution in [2.75, 3.05) is 13.9 Å². The average molecular weight is 413 g/mol. The van der Waals surface area contributed by atoms with Gasteiger partial charge in [0.2, 0.25) is 0 Å². The van der Waals surface area contributed by atoms with Gasteiger partial charge in [-0.15, -0.1) is 0 Å². The van der Waals surface area contributed by atoms with Crippen LogP contribution in [0.2, 0.25) is 0 Å². The van der Waals surface area contributed by atoms with Crippen molar-refractivity contribution < 1.29 is 27.0 Å². The van der Waals surface area contributed by atoms with Gasteiger partial charge in [0, 0.05) is 19.2 Å². The second-order valence-corrected chi connectivity index (χ2v) is 5.30. The van der Waals surface area contributed by atoms with E-state index < -0.39 is 34.6 Å². The number of nitrogens with one attached hydrogen (secondary N) is 1. The van der Waals surface area contributed by atoms with Crippen LogP contribution in [0.4, 0.5) is 17.6 Å². The highest BCUT2D eigenvalue weighted by molar-refractivity contribution is 9.10. The summed E-state index contributed by atoms with van der Waals surface area (Å²) >= 11 is 3.02. The van der Waals surface area contributed by atoms with E-state index in [2.05, 4.69) is 20.7 Å². The predicted octanol–water partition coefficient (Wildman–Crippen LogP) is 2.43. The first-order chi connectivity index (χ1) is 11.1. The Balaban J connectivity index is 2.64. The molecule has 11 heteroatoms. The molecule has 6 nitrogen and oxygen atoms in total. The minimum atomic E-state index is -4.91. The number of rotatable bonds is 4. The fourth-order valence-electron chi connectivity index (χ4n) is 1.80. The van der Waals surface area contributed by atoms with Crippen molar-refractivity contribution >= 4 is 15.9 Å².